The normalized spacial score (nSPS) is 37.3. The van der Waals surface area contributed by atoms with E-state index in [0.717, 1.165) is 0 Å². The second kappa shape index (κ2) is 4.79. The van der Waals surface area contributed by atoms with Gasteiger partial charge < -0.3 is 0 Å². The standard InChI is InChI=1S/C7H12.2Na/c1-2-7-4-3-6(1)5-7;;/h6-7H,1-5H2;;. The van der Waals surface area contributed by atoms with Crippen molar-refractivity contribution in [3.05, 3.63) is 0 Å². The van der Waals surface area contributed by atoms with E-state index in [9.17, 15) is 0 Å². The molecule has 9 heavy (non-hydrogen) atoms. The van der Waals surface area contributed by atoms with E-state index in [-0.39, 0.29) is 59.1 Å². The van der Waals surface area contributed by atoms with Crippen molar-refractivity contribution >= 4 is 59.1 Å². The summed E-state index contributed by atoms with van der Waals surface area (Å²) in [6.45, 7) is 0. The van der Waals surface area contributed by atoms with Gasteiger partial charge in [-0.05, 0) is 18.3 Å². The average Bonchev–Trinajstić information content (AvgIpc) is 2.22. The van der Waals surface area contributed by atoms with E-state index in [1.165, 1.54) is 11.8 Å². The van der Waals surface area contributed by atoms with Crippen LogP contribution in [0.25, 0.3) is 0 Å². The largest absolute Gasteiger partial charge is 0.0502 e. The molecule has 42 valence electrons. The van der Waals surface area contributed by atoms with Crippen molar-refractivity contribution in [2.45, 2.75) is 32.1 Å². The Balaban J connectivity index is 0.000000320. The average molecular weight is 142 g/mol. The fourth-order valence-corrected chi connectivity index (χ4v) is 2.17. The molecule has 0 atom stereocenters. The zero-order chi connectivity index (χ0) is 4.69. The molecule has 0 heterocycles. The van der Waals surface area contributed by atoms with Gasteiger partial charge in [0.25, 0.3) is 0 Å². The minimum absolute atomic E-state index is 0. The third-order valence-electron chi connectivity index (χ3n) is 2.63. The van der Waals surface area contributed by atoms with Crippen LogP contribution in [0.4, 0.5) is 0 Å². The maximum absolute atomic E-state index is 1.58. The number of fused-ring (bicyclic) bond motifs is 2. The van der Waals surface area contributed by atoms with Gasteiger partial charge in [0.2, 0.25) is 0 Å². The molecule has 0 aromatic rings. The molecule has 0 spiro atoms. The molecule has 2 saturated carbocycles. The van der Waals surface area contributed by atoms with E-state index in [4.69, 9.17) is 0 Å². The summed E-state index contributed by atoms with van der Waals surface area (Å²) in [6.07, 6.45) is 7.82. The summed E-state index contributed by atoms with van der Waals surface area (Å²) in [7, 11) is 0. The first-order valence-electron chi connectivity index (χ1n) is 3.45. The zero-order valence-electron chi connectivity index (χ0n) is 6.69. The van der Waals surface area contributed by atoms with E-state index in [1.807, 2.05) is 0 Å². The minimum Gasteiger partial charge on any atom is -0.0502 e. The molecule has 0 unspecified atom stereocenters. The van der Waals surface area contributed by atoms with Crippen LogP contribution in [0.2, 0.25) is 0 Å². The molecule has 0 aliphatic heterocycles. The summed E-state index contributed by atoms with van der Waals surface area (Å²) in [5.41, 5.74) is 0. The van der Waals surface area contributed by atoms with Crippen LogP contribution in [0.3, 0.4) is 0 Å². The quantitative estimate of drug-likeness (QED) is 0.449. The molecule has 0 aromatic carbocycles. The maximum atomic E-state index is 1.58. The zero-order valence-corrected chi connectivity index (χ0v) is 10.7. The van der Waals surface area contributed by atoms with Crippen molar-refractivity contribution in [1.82, 2.24) is 0 Å². The summed E-state index contributed by atoms with van der Waals surface area (Å²) in [4.78, 5) is 0. The molecular formula is C7H12Na2. The van der Waals surface area contributed by atoms with E-state index in [1.54, 1.807) is 32.1 Å². The van der Waals surface area contributed by atoms with Crippen LogP contribution < -0.4 is 0 Å². The molecule has 2 radical (unpaired) electrons. The molecule has 0 amide bonds. The van der Waals surface area contributed by atoms with Crippen molar-refractivity contribution in [2.24, 2.45) is 11.8 Å². The number of hydrogen-bond acceptors (Lipinski definition) is 0. The van der Waals surface area contributed by atoms with E-state index < -0.39 is 0 Å². The monoisotopic (exact) mass is 142 g/mol. The summed E-state index contributed by atoms with van der Waals surface area (Å²) < 4.78 is 0. The third kappa shape index (κ3) is 2.50. The Morgan fingerprint density at radius 2 is 1.00 bits per heavy atom. The van der Waals surface area contributed by atoms with Crippen LogP contribution in [0.1, 0.15) is 32.1 Å². The summed E-state index contributed by atoms with van der Waals surface area (Å²) >= 11 is 0. The van der Waals surface area contributed by atoms with Crippen LogP contribution in [0.5, 0.6) is 0 Å². The molecule has 2 fully saturated rings. The van der Waals surface area contributed by atoms with Gasteiger partial charge in [-0.2, -0.15) is 0 Å². The maximum Gasteiger partial charge on any atom is 0 e. The van der Waals surface area contributed by atoms with Crippen LogP contribution in [-0.4, -0.2) is 59.1 Å². The topological polar surface area (TPSA) is 0 Å². The molecule has 0 nitrogen and oxygen atoms in total. The molecule has 0 saturated heterocycles. The Hall–Kier alpha value is 2.00. The molecule has 0 N–H and O–H groups in total. The van der Waals surface area contributed by atoms with Crippen LogP contribution >= 0.6 is 0 Å². The SMILES string of the molecule is C1CC2CCC1C2.[Na].[Na]. The van der Waals surface area contributed by atoms with Crippen LogP contribution in [0, 0.1) is 11.8 Å². The van der Waals surface area contributed by atoms with Crippen molar-refractivity contribution in [1.29, 1.82) is 0 Å². The van der Waals surface area contributed by atoms with Crippen LogP contribution in [0.15, 0.2) is 0 Å². The first kappa shape index (κ1) is 11.0. The first-order chi connectivity index (χ1) is 3.45. The van der Waals surface area contributed by atoms with Gasteiger partial charge in [0, 0.05) is 59.1 Å². The first-order valence-corrected chi connectivity index (χ1v) is 3.45. The fraction of sp³-hybridized carbons (Fsp3) is 1.00. The second-order valence-corrected chi connectivity index (χ2v) is 3.12. The molecule has 2 heteroatoms. The fourth-order valence-electron chi connectivity index (χ4n) is 2.17. The summed E-state index contributed by atoms with van der Waals surface area (Å²) in [6, 6.07) is 0. The van der Waals surface area contributed by atoms with Gasteiger partial charge in [0.15, 0.2) is 0 Å². The molecule has 2 rings (SSSR count). The van der Waals surface area contributed by atoms with Crippen molar-refractivity contribution < 1.29 is 0 Å². The molecule has 2 aliphatic rings. The summed E-state index contributed by atoms with van der Waals surface area (Å²) in [5.74, 6) is 2.34. The minimum atomic E-state index is 0. The van der Waals surface area contributed by atoms with Gasteiger partial charge in [0.1, 0.15) is 0 Å². The van der Waals surface area contributed by atoms with Crippen molar-refractivity contribution in [3.8, 4) is 0 Å². The molecule has 2 bridgehead atoms. The predicted octanol–water partition coefficient (Wildman–Crippen LogP) is 1.43. The molecule has 0 aromatic heterocycles. The Labute approximate surface area is 102 Å². The Morgan fingerprint density at radius 3 is 1.11 bits per heavy atom. The van der Waals surface area contributed by atoms with E-state index in [0.29, 0.717) is 0 Å². The smallest absolute Gasteiger partial charge is 0 e. The van der Waals surface area contributed by atoms with Gasteiger partial charge in [0.05, 0.1) is 0 Å². The molecular weight excluding hydrogens is 130 g/mol. The van der Waals surface area contributed by atoms with Crippen LogP contribution in [-0.2, 0) is 0 Å². The Kier molecular flexibility index (Phi) is 5.86. The van der Waals surface area contributed by atoms with Gasteiger partial charge in [-0.3, -0.25) is 0 Å². The third-order valence-corrected chi connectivity index (χ3v) is 2.63. The number of rotatable bonds is 0. The summed E-state index contributed by atoms with van der Waals surface area (Å²) in [5, 5.41) is 0. The van der Waals surface area contributed by atoms with Gasteiger partial charge in [-0.25, -0.2) is 0 Å². The van der Waals surface area contributed by atoms with E-state index >= 15 is 0 Å². The molecule has 2 aliphatic carbocycles. The Bertz CT molecular complexity index is 65.0. The number of hydrogen-bond donors (Lipinski definition) is 0. The Morgan fingerprint density at radius 1 is 0.667 bits per heavy atom. The van der Waals surface area contributed by atoms with Gasteiger partial charge in [-0.1, -0.05) is 25.7 Å². The van der Waals surface area contributed by atoms with Gasteiger partial charge in [-0.15, -0.1) is 0 Å². The van der Waals surface area contributed by atoms with E-state index in [2.05, 4.69) is 0 Å². The van der Waals surface area contributed by atoms with Crippen molar-refractivity contribution in [3.63, 3.8) is 0 Å². The second-order valence-electron chi connectivity index (χ2n) is 3.12. The van der Waals surface area contributed by atoms with Gasteiger partial charge >= 0.3 is 0 Å². The van der Waals surface area contributed by atoms with Crippen molar-refractivity contribution in [2.75, 3.05) is 0 Å². The predicted molar refractivity (Wildman–Crippen MR) is 41.6 cm³/mol.